The number of aliphatic hydroxyl groups excluding tert-OH is 4. The molecule has 0 aromatic heterocycles. The molecule has 0 bridgehead atoms. The fraction of sp³-hybridized carbons (Fsp3) is 0.538. The zero-order valence-electron chi connectivity index (χ0n) is 21.2. The number of methoxy groups -OCH3 is 1. The van der Waals surface area contributed by atoms with E-state index in [0.717, 1.165) is 6.26 Å². The Bertz CT molecular complexity index is 1120. The number of rotatable bonds is 8. The van der Waals surface area contributed by atoms with E-state index >= 15 is 0 Å². The molecule has 3 aliphatic rings. The molecular weight excluding hydrogens is 520 g/mol. The van der Waals surface area contributed by atoms with Crippen LogP contribution >= 0.6 is 0 Å². The minimum atomic E-state index is -1.68. The van der Waals surface area contributed by atoms with Crippen LogP contribution in [0.15, 0.2) is 36.1 Å². The molecule has 0 unspecified atom stereocenters. The van der Waals surface area contributed by atoms with E-state index in [0.29, 0.717) is 5.56 Å². The first-order chi connectivity index (χ1) is 18.5. The Labute approximate surface area is 223 Å². The molecule has 13 heteroatoms. The molecule has 6 N–H and O–H groups in total. The van der Waals surface area contributed by atoms with Gasteiger partial charge in [0, 0.05) is 23.8 Å². The Hall–Kier alpha value is -3.20. The maximum Gasteiger partial charge on any atom is 0.334 e. The number of ether oxygens (including phenoxy) is 5. The number of aliphatic carboxylic acids is 1. The van der Waals surface area contributed by atoms with Crippen molar-refractivity contribution in [3.8, 4) is 11.5 Å². The molecule has 10 atom stereocenters. The van der Waals surface area contributed by atoms with E-state index in [1.807, 2.05) is 0 Å². The molecule has 1 saturated heterocycles. The summed E-state index contributed by atoms with van der Waals surface area (Å²) in [6, 6.07) is 4.54. The zero-order valence-corrected chi connectivity index (χ0v) is 21.2. The second-order valence-electron chi connectivity index (χ2n) is 9.73. The third kappa shape index (κ3) is 5.88. The van der Waals surface area contributed by atoms with Crippen LogP contribution in [-0.2, 0) is 28.5 Å². The highest BCUT2D eigenvalue weighted by Crippen LogP contribution is 2.48. The molecular formula is C26H32O13. The van der Waals surface area contributed by atoms with E-state index in [-0.39, 0.29) is 23.5 Å². The number of esters is 1. The number of carbonyl (C=O) groups excluding carboxylic acids is 1. The lowest BCUT2D eigenvalue weighted by atomic mass is 9.83. The topological polar surface area (TPSA) is 202 Å². The largest absolute Gasteiger partial charge is 0.504 e. The molecule has 0 amide bonds. The van der Waals surface area contributed by atoms with Gasteiger partial charge in [-0.2, -0.15) is 0 Å². The standard InChI is InChI=1S/C26H32O13/c1-11-16(37-19(29)6-4-12-3-5-15(28)17(7-12)35-2)8-13-14(24(33)34)10-36-25(20(11)13)39-26-23(32)22(31)21(30)18(9-27)38-26/h3-7,10-11,13,16,18,20-23,25-28,30-32H,8-9H2,1-2H3,(H,33,34)/b6-4-/t11-,13+,16-,18+,20+,21+,22-,23+,25-,26-/m0/s1. The van der Waals surface area contributed by atoms with Gasteiger partial charge in [-0.05, 0) is 30.2 Å². The van der Waals surface area contributed by atoms with E-state index in [4.69, 9.17) is 23.7 Å². The first-order valence-electron chi connectivity index (χ1n) is 12.4. The Morgan fingerprint density at radius 2 is 1.87 bits per heavy atom. The normalized spacial score (nSPS) is 36.1. The highest BCUT2D eigenvalue weighted by molar-refractivity contribution is 5.88. The first-order valence-corrected chi connectivity index (χ1v) is 12.4. The van der Waals surface area contributed by atoms with Gasteiger partial charge < -0.3 is 54.3 Å². The quantitative estimate of drug-likeness (QED) is 0.182. The van der Waals surface area contributed by atoms with Crippen molar-refractivity contribution in [2.45, 2.75) is 56.4 Å². The van der Waals surface area contributed by atoms with Gasteiger partial charge in [-0.1, -0.05) is 13.0 Å². The van der Waals surface area contributed by atoms with E-state index in [1.165, 1.54) is 31.4 Å². The fourth-order valence-electron chi connectivity index (χ4n) is 5.28. The van der Waals surface area contributed by atoms with Crippen molar-refractivity contribution in [2.24, 2.45) is 17.8 Å². The van der Waals surface area contributed by atoms with Gasteiger partial charge in [0.15, 0.2) is 17.8 Å². The van der Waals surface area contributed by atoms with E-state index in [9.17, 15) is 40.2 Å². The predicted molar refractivity (Wildman–Crippen MR) is 130 cm³/mol. The molecule has 39 heavy (non-hydrogen) atoms. The van der Waals surface area contributed by atoms with Crippen molar-refractivity contribution in [3.05, 3.63) is 41.7 Å². The van der Waals surface area contributed by atoms with Crippen LogP contribution in [0.1, 0.15) is 18.9 Å². The summed E-state index contributed by atoms with van der Waals surface area (Å²) in [6.07, 6.45) is -5.60. The minimum Gasteiger partial charge on any atom is -0.504 e. The molecule has 1 aliphatic carbocycles. The average Bonchev–Trinajstić information content (AvgIpc) is 3.24. The average molecular weight is 553 g/mol. The molecule has 0 spiro atoms. The molecule has 4 rings (SSSR count). The van der Waals surface area contributed by atoms with Crippen LogP contribution in [0, 0.1) is 17.8 Å². The van der Waals surface area contributed by atoms with Gasteiger partial charge in [0.2, 0.25) is 6.29 Å². The monoisotopic (exact) mass is 552 g/mol. The number of carboxylic acid groups (broad SMARTS) is 1. The number of carboxylic acids is 1. The molecule has 2 fully saturated rings. The lowest BCUT2D eigenvalue weighted by Crippen LogP contribution is -2.60. The highest BCUT2D eigenvalue weighted by Gasteiger charge is 2.54. The number of hydrogen-bond donors (Lipinski definition) is 6. The van der Waals surface area contributed by atoms with Gasteiger partial charge in [0.05, 0.1) is 25.6 Å². The molecule has 0 radical (unpaired) electrons. The van der Waals surface area contributed by atoms with Crippen LogP contribution in [0.3, 0.4) is 0 Å². The molecule has 13 nitrogen and oxygen atoms in total. The molecule has 1 aromatic rings. The number of hydrogen-bond acceptors (Lipinski definition) is 12. The number of phenolic OH excluding ortho intramolecular Hbond substituents is 1. The number of aromatic hydroxyl groups is 1. The maximum absolute atomic E-state index is 12.6. The third-order valence-corrected chi connectivity index (χ3v) is 7.43. The van der Waals surface area contributed by atoms with Crippen LogP contribution in [-0.4, -0.2) is 99.4 Å². The molecule has 2 heterocycles. The second kappa shape index (κ2) is 11.9. The fourth-order valence-corrected chi connectivity index (χ4v) is 5.28. The van der Waals surface area contributed by atoms with E-state index in [2.05, 4.69) is 0 Å². The lowest BCUT2D eigenvalue weighted by Gasteiger charge is -2.43. The number of aliphatic hydroxyl groups is 4. The van der Waals surface area contributed by atoms with E-state index < -0.39 is 79.4 Å². The molecule has 214 valence electrons. The smallest absolute Gasteiger partial charge is 0.334 e. The van der Waals surface area contributed by atoms with Crippen molar-refractivity contribution in [1.82, 2.24) is 0 Å². The van der Waals surface area contributed by atoms with Crippen molar-refractivity contribution in [3.63, 3.8) is 0 Å². The van der Waals surface area contributed by atoms with Crippen molar-refractivity contribution in [2.75, 3.05) is 13.7 Å². The zero-order chi connectivity index (χ0) is 28.4. The summed E-state index contributed by atoms with van der Waals surface area (Å²) in [7, 11) is 1.40. The van der Waals surface area contributed by atoms with E-state index in [1.54, 1.807) is 13.0 Å². The van der Waals surface area contributed by atoms with Gasteiger partial charge in [0.25, 0.3) is 0 Å². The number of benzene rings is 1. The van der Waals surface area contributed by atoms with Crippen molar-refractivity contribution in [1.29, 1.82) is 0 Å². The van der Waals surface area contributed by atoms with Gasteiger partial charge in [-0.25, -0.2) is 9.59 Å². The summed E-state index contributed by atoms with van der Waals surface area (Å²) < 4.78 is 27.5. The molecule has 1 aromatic carbocycles. The van der Waals surface area contributed by atoms with Crippen molar-refractivity contribution >= 4 is 18.0 Å². The Kier molecular flexibility index (Phi) is 8.79. The Balaban J connectivity index is 1.48. The summed E-state index contributed by atoms with van der Waals surface area (Å²) in [4.78, 5) is 24.5. The Morgan fingerprint density at radius 3 is 2.54 bits per heavy atom. The number of phenols is 1. The number of fused-ring (bicyclic) bond motifs is 1. The van der Waals surface area contributed by atoms with Gasteiger partial charge in [-0.15, -0.1) is 0 Å². The first kappa shape index (κ1) is 28.8. The summed E-state index contributed by atoms with van der Waals surface area (Å²) in [5.74, 6) is -3.44. The maximum atomic E-state index is 12.6. The molecule has 2 aliphatic heterocycles. The van der Waals surface area contributed by atoms with Crippen molar-refractivity contribution < 1.29 is 63.9 Å². The van der Waals surface area contributed by atoms with Gasteiger partial charge in [-0.3, -0.25) is 0 Å². The van der Waals surface area contributed by atoms with Gasteiger partial charge >= 0.3 is 11.9 Å². The summed E-state index contributed by atoms with van der Waals surface area (Å²) in [5, 5.41) is 59.3. The summed E-state index contributed by atoms with van der Waals surface area (Å²) >= 11 is 0. The SMILES string of the molecule is COc1cc(/C=C\C(=O)O[C@H]2C[C@@H]3C(C(=O)O)=CO[C@@H](O[C@@H]4O[C@H](CO)[C@@H](O)[C@H](O)[C@H]4O)[C@@H]3[C@H]2C)ccc1O. The summed E-state index contributed by atoms with van der Waals surface area (Å²) in [6.45, 7) is 1.10. The second-order valence-corrected chi connectivity index (χ2v) is 9.73. The lowest BCUT2D eigenvalue weighted by molar-refractivity contribution is -0.342. The number of carbonyl (C=O) groups is 2. The summed E-state index contributed by atoms with van der Waals surface area (Å²) in [5.41, 5.74) is 0.540. The third-order valence-electron chi connectivity index (χ3n) is 7.43. The van der Waals surface area contributed by atoms with Crippen LogP contribution < -0.4 is 4.74 Å². The predicted octanol–water partition coefficient (Wildman–Crippen LogP) is -0.261. The molecule has 1 saturated carbocycles. The van der Waals surface area contributed by atoms with Crippen LogP contribution in [0.5, 0.6) is 11.5 Å². The van der Waals surface area contributed by atoms with Crippen LogP contribution in [0.4, 0.5) is 0 Å². The minimum absolute atomic E-state index is 0.0363. The Morgan fingerprint density at radius 1 is 1.13 bits per heavy atom. The van der Waals surface area contributed by atoms with Crippen LogP contribution in [0.2, 0.25) is 0 Å². The highest BCUT2D eigenvalue weighted by atomic mass is 16.8. The van der Waals surface area contributed by atoms with Crippen LogP contribution in [0.25, 0.3) is 6.08 Å². The van der Waals surface area contributed by atoms with Gasteiger partial charge in [0.1, 0.15) is 30.5 Å².